The molecule has 0 aromatic heterocycles. The number of carbonyl (C=O) groups excluding carboxylic acids is 1. The summed E-state index contributed by atoms with van der Waals surface area (Å²) in [6.45, 7) is 6.25. The van der Waals surface area contributed by atoms with Crippen LogP contribution in [0.15, 0.2) is 24.3 Å². The van der Waals surface area contributed by atoms with Crippen molar-refractivity contribution in [2.45, 2.75) is 32.2 Å². The molecular weight excluding hydrogens is 236 g/mol. The molecule has 0 aliphatic carbocycles. The second-order valence-corrected chi connectivity index (χ2v) is 5.28. The van der Waals surface area contributed by atoms with E-state index in [0.29, 0.717) is 11.6 Å². The van der Waals surface area contributed by atoms with Crippen LogP contribution in [0.25, 0.3) is 0 Å². The predicted octanol–water partition coefficient (Wildman–Crippen LogP) is 2.08. The van der Waals surface area contributed by atoms with Gasteiger partial charge in [-0.05, 0) is 18.6 Å². The van der Waals surface area contributed by atoms with Crippen LogP contribution in [0, 0.1) is 0 Å². The number of carbonyl (C=O) groups is 1. The van der Waals surface area contributed by atoms with Gasteiger partial charge in [-0.25, -0.2) is 0 Å². The van der Waals surface area contributed by atoms with Crippen molar-refractivity contribution in [3.8, 4) is 0 Å². The van der Waals surface area contributed by atoms with E-state index < -0.39 is 6.04 Å². The van der Waals surface area contributed by atoms with E-state index in [9.17, 15) is 4.79 Å². The van der Waals surface area contributed by atoms with E-state index in [1.807, 2.05) is 38.1 Å². The van der Waals surface area contributed by atoms with Crippen molar-refractivity contribution in [3.05, 3.63) is 34.9 Å². The summed E-state index contributed by atoms with van der Waals surface area (Å²) >= 11 is 6.15. The molecule has 1 atom stereocenters. The Morgan fingerprint density at radius 1 is 1.47 bits per heavy atom. The fourth-order valence-electron chi connectivity index (χ4n) is 1.57. The first-order valence-electron chi connectivity index (χ1n) is 5.63. The van der Waals surface area contributed by atoms with E-state index in [2.05, 4.69) is 5.32 Å². The molecular formula is C13H19ClN2O. The molecule has 17 heavy (non-hydrogen) atoms. The maximum Gasteiger partial charge on any atom is 0.236 e. The molecule has 1 rings (SSSR count). The highest BCUT2D eigenvalue weighted by Crippen LogP contribution is 2.28. The van der Waals surface area contributed by atoms with Crippen LogP contribution in [0.4, 0.5) is 0 Å². The maximum atomic E-state index is 11.4. The second kappa shape index (κ2) is 5.52. The summed E-state index contributed by atoms with van der Waals surface area (Å²) in [4.78, 5) is 11.4. The number of halogens is 1. The average Bonchev–Trinajstić information content (AvgIpc) is 2.26. The largest absolute Gasteiger partial charge is 0.354 e. The SMILES string of the molecule is C[C@H](N)C(=O)NCC(C)(C)c1ccccc1Cl. The van der Waals surface area contributed by atoms with Gasteiger partial charge in [-0.1, -0.05) is 43.6 Å². The van der Waals surface area contributed by atoms with Crippen molar-refractivity contribution in [1.29, 1.82) is 0 Å². The third-order valence-electron chi connectivity index (χ3n) is 2.72. The van der Waals surface area contributed by atoms with Gasteiger partial charge in [0.2, 0.25) is 5.91 Å². The summed E-state index contributed by atoms with van der Waals surface area (Å²) in [5.74, 6) is -0.148. The van der Waals surface area contributed by atoms with E-state index in [1.54, 1.807) is 6.92 Å². The molecule has 0 heterocycles. The number of amides is 1. The normalized spacial score (nSPS) is 13.2. The van der Waals surface area contributed by atoms with Crippen molar-refractivity contribution < 1.29 is 4.79 Å². The molecule has 0 spiro atoms. The standard InChI is InChI=1S/C13H19ClN2O/c1-9(15)12(17)16-8-13(2,3)10-6-4-5-7-11(10)14/h4-7,9H,8,15H2,1-3H3,(H,16,17)/t9-/m0/s1. The molecule has 0 aliphatic heterocycles. The lowest BCUT2D eigenvalue weighted by Crippen LogP contribution is -2.43. The first-order valence-corrected chi connectivity index (χ1v) is 6.00. The van der Waals surface area contributed by atoms with Gasteiger partial charge in [-0.3, -0.25) is 4.79 Å². The Bertz CT molecular complexity index is 402. The van der Waals surface area contributed by atoms with Gasteiger partial charge >= 0.3 is 0 Å². The molecule has 1 aromatic rings. The lowest BCUT2D eigenvalue weighted by atomic mass is 9.84. The molecule has 0 unspecified atom stereocenters. The second-order valence-electron chi connectivity index (χ2n) is 4.87. The Kier molecular flexibility index (Phi) is 4.54. The smallest absolute Gasteiger partial charge is 0.236 e. The Labute approximate surface area is 107 Å². The summed E-state index contributed by atoms with van der Waals surface area (Å²) in [6.07, 6.45) is 0. The predicted molar refractivity (Wildman–Crippen MR) is 71.1 cm³/mol. The molecule has 3 N–H and O–H groups in total. The van der Waals surface area contributed by atoms with Gasteiger partial charge in [0.15, 0.2) is 0 Å². The molecule has 0 saturated carbocycles. The first-order chi connectivity index (χ1) is 7.84. The van der Waals surface area contributed by atoms with E-state index in [0.717, 1.165) is 5.56 Å². The van der Waals surface area contributed by atoms with Crippen molar-refractivity contribution in [2.75, 3.05) is 6.54 Å². The summed E-state index contributed by atoms with van der Waals surface area (Å²) in [5.41, 5.74) is 6.30. The van der Waals surface area contributed by atoms with E-state index in [-0.39, 0.29) is 11.3 Å². The third-order valence-corrected chi connectivity index (χ3v) is 3.05. The van der Waals surface area contributed by atoms with Gasteiger partial charge in [0.1, 0.15) is 0 Å². The third kappa shape index (κ3) is 3.72. The summed E-state index contributed by atoms with van der Waals surface area (Å²) in [5, 5.41) is 3.54. The Balaban J connectivity index is 2.76. The van der Waals surface area contributed by atoms with Crippen LogP contribution in [0.2, 0.25) is 5.02 Å². The van der Waals surface area contributed by atoms with Crippen LogP contribution in [-0.4, -0.2) is 18.5 Å². The van der Waals surface area contributed by atoms with Crippen LogP contribution in [0.3, 0.4) is 0 Å². The maximum absolute atomic E-state index is 11.4. The Morgan fingerprint density at radius 2 is 2.06 bits per heavy atom. The minimum atomic E-state index is -0.489. The topological polar surface area (TPSA) is 55.1 Å². The molecule has 0 aliphatic rings. The lowest BCUT2D eigenvalue weighted by Gasteiger charge is -2.27. The number of nitrogens with two attached hydrogens (primary N) is 1. The van der Waals surface area contributed by atoms with Crippen LogP contribution in [-0.2, 0) is 10.2 Å². The number of hydrogen-bond acceptors (Lipinski definition) is 2. The van der Waals surface area contributed by atoms with Gasteiger partial charge in [0.25, 0.3) is 0 Å². The molecule has 4 heteroatoms. The fourth-order valence-corrected chi connectivity index (χ4v) is 1.97. The van der Waals surface area contributed by atoms with Crippen LogP contribution in [0.5, 0.6) is 0 Å². The fraction of sp³-hybridized carbons (Fsp3) is 0.462. The Morgan fingerprint density at radius 3 is 2.59 bits per heavy atom. The van der Waals surface area contributed by atoms with E-state index in [1.165, 1.54) is 0 Å². The van der Waals surface area contributed by atoms with Crippen molar-refractivity contribution >= 4 is 17.5 Å². The first kappa shape index (κ1) is 14.0. The lowest BCUT2D eigenvalue weighted by molar-refractivity contribution is -0.122. The van der Waals surface area contributed by atoms with Gasteiger partial charge in [-0.15, -0.1) is 0 Å². The van der Waals surface area contributed by atoms with Crippen LogP contribution in [0.1, 0.15) is 26.3 Å². The quantitative estimate of drug-likeness (QED) is 0.865. The minimum Gasteiger partial charge on any atom is -0.354 e. The number of hydrogen-bond donors (Lipinski definition) is 2. The van der Waals surface area contributed by atoms with Gasteiger partial charge in [0.05, 0.1) is 6.04 Å². The summed E-state index contributed by atoms with van der Waals surface area (Å²) in [6, 6.07) is 7.17. The number of rotatable bonds is 4. The van der Waals surface area contributed by atoms with Crippen LogP contribution >= 0.6 is 11.6 Å². The highest BCUT2D eigenvalue weighted by Gasteiger charge is 2.24. The number of benzene rings is 1. The Hall–Kier alpha value is -1.06. The average molecular weight is 255 g/mol. The zero-order valence-electron chi connectivity index (χ0n) is 10.5. The van der Waals surface area contributed by atoms with Crippen molar-refractivity contribution in [1.82, 2.24) is 5.32 Å². The zero-order chi connectivity index (χ0) is 13.1. The van der Waals surface area contributed by atoms with Crippen molar-refractivity contribution in [2.24, 2.45) is 5.73 Å². The summed E-state index contributed by atoms with van der Waals surface area (Å²) in [7, 11) is 0. The van der Waals surface area contributed by atoms with Gasteiger partial charge in [-0.2, -0.15) is 0 Å². The number of nitrogens with one attached hydrogen (secondary N) is 1. The highest BCUT2D eigenvalue weighted by molar-refractivity contribution is 6.31. The van der Waals surface area contributed by atoms with Gasteiger partial charge < -0.3 is 11.1 Å². The molecule has 3 nitrogen and oxygen atoms in total. The zero-order valence-corrected chi connectivity index (χ0v) is 11.2. The molecule has 0 radical (unpaired) electrons. The molecule has 94 valence electrons. The molecule has 0 fully saturated rings. The molecule has 0 bridgehead atoms. The van der Waals surface area contributed by atoms with Gasteiger partial charge in [0, 0.05) is 17.0 Å². The minimum absolute atomic E-state index is 0.148. The highest BCUT2D eigenvalue weighted by atomic mass is 35.5. The molecule has 0 saturated heterocycles. The molecule has 1 aromatic carbocycles. The van der Waals surface area contributed by atoms with Crippen molar-refractivity contribution in [3.63, 3.8) is 0 Å². The molecule has 1 amide bonds. The van der Waals surface area contributed by atoms with Crippen LogP contribution < -0.4 is 11.1 Å². The monoisotopic (exact) mass is 254 g/mol. The summed E-state index contributed by atoms with van der Waals surface area (Å²) < 4.78 is 0. The van der Waals surface area contributed by atoms with E-state index in [4.69, 9.17) is 17.3 Å². The van der Waals surface area contributed by atoms with E-state index >= 15 is 0 Å².